The van der Waals surface area contributed by atoms with Gasteiger partial charge in [0.15, 0.2) is 0 Å². The van der Waals surface area contributed by atoms with E-state index in [9.17, 15) is 0 Å². The fourth-order valence-corrected chi connectivity index (χ4v) is 11.3. The van der Waals surface area contributed by atoms with Crippen LogP contribution in [0.4, 0.5) is 0 Å². The molecule has 206 valence electrons. The number of hydrogen-bond donors (Lipinski definition) is 0. The van der Waals surface area contributed by atoms with Crippen molar-refractivity contribution in [2.45, 2.75) is 6.92 Å². The van der Waals surface area contributed by atoms with Gasteiger partial charge in [0.05, 0.1) is 0 Å². The monoisotopic (exact) mass is 602 g/mol. The summed E-state index contributed by atoms with van der Waals surface area (Å²) in [5, 5.41) is 23.8. The zero-order chi connectivity index (χ0) is 29.1. The third kappa shape index (κ3) is 2.64. The Hall–Kier alpha value is -5.02. The van der Waals surface area contributed by atoms with Crippen LogP contribution in [0.15, 0.2) is 115 Å². The van der Waals surface area contributed by atoms with E-state index in [0.29, 0.717) is 0 Å². The third-order valence-corrected chi connectivity index (χ3v) is 13.0. The molecule has 0 radical (unpaired) electrons. The first-order valence-electron chi connectivity index (χ1n) is 15.6. The van der Waals surface area contributed by atoms with Gasteiger partial charge < -0.3 is 0 Å². The fraction of sp³-hybridized carbons (Fsp3) is 0.0233. The molecule has 0 amide bonds. The van der Waals surface area contributed by atoms with E-state index in [0.717, 1.165) is 0 Å². The van der Waals surface area contributed by atoms with Gasteiger partial charge in [-0.1, -0.05) is 103 Å². The first kappa shape index (κ1) is 23.4. The Morgan fingerprint density at radius 1 is 0.400 bits per heavy atom. The minimum Gasteiger partial charge on any atom is -0.135 e. The second kappa shape index (κ2) is 7.79. The third-order valence-electron chi connectivity index (χ3n) is 10.6. The quantitative estimate of drug-likeness (QED) is 0.129. The van der Waals surface area contributed by atoms with Crippen LogP contribution in [0.5, 0.6) is 0 Å². The van der Waals surface area contributed by atoms with E-state index in [4.69, 9.17) is 0 Å². The van der Waals surface area contributed by atoms with Crippen molar-refractivity contribution in [3.05, 3.63) is 161 Å². The largest absolute Gasteiger partial charge is 0.135 e. The van der Waals surface area contributed by atoms with E-state index in [-0.39, 0.29) is 0 Å². The zero-order valence-electron chi connectivity index (χ0n) is 24.3. The van der Waals surface area contributed by atoms with Crippen LogP contribution in [0.25, 0.3) is 74.4 Å². The Morgan fingerprint density at radius 2 is 1.07 bits per heavy atom. The summed E-state index contributed by atoms with van der Waals surface area (Å²) in [6.45, 7) is 2.20. The first-order chi connectivity index (χ1) is 22.2. The molecule has 0 aliphatic heterocycles. The predicted octanol–water partition coefficient (Wildman–Crippen LogP) is 11.9. The smallest absolute Gasteiger partial charge is 0.0440 e. The average Bonchev–Trinajstić information content (AvgIpc) is 3.82. The molecule has 2 heteroatoms. The lowest BCUT2D eigenvalue weighted by Gasteiger charge is -2.17. The Labute approximate surface area is 264 Å². The van der Waals surface area contributed by atoms with Gasteiger partial charge >= 0.3 is 0 Å². The first-order valence-corrected chi connectivity index (χ1v) is 17.2. The van der Waals surface area contributed by atoms with Gasteiger partial charge in [-0.2, -0.15) is 0 Å². The number of benzene rings is 8. The van der Waals surface area contributed by atoms with E-state index in [1.807, 2.05) is 22.7 Å². The van der Waals surface area contributed by atoms with E-state index in [1.165, 1.54) is 120 Å². The van der Waals surface area contributed by atoms with Crippen molar-refractivity contribution in [3.63, 3.8) is 0 Å². The Bertz CT molecular complexity index is 3420. The number of thiophene rings is 2. The molecule has 12 rings (SSSR count). The molecule has 2 aliphatic rings. The van der Waals surface area contributed by atoms with Crippen molar-refractivity contribution >= 4 is 86.6 Å². The van der Waals surface area contributed by atoms with E-state index in [2.05, 4.69) is 122 Å². The van der Waals surface area contributed by atoms with Gasteiger partial charge in [0.1, 0.15) is 0 Å². The SMILES string of the molecule is Cc1ccc2c3c(sc2c1)=c1ccc2c4ccc5c6c(c7ccccc7c(c7ccc=3c1c27)c64)=c1cc(-c2ccccc2)sc1=5. The van der Waals surface area contributed by atoms with E-state index < -0.39 is 0 Å². The number of fused-ring (bicyclic) bond motifs is 9. The molecule has 8 aromatic carbocycles. The molecule has 0 saturated heterocycles. The van der Waals surface area contributed by atoms with Gasteiger partial charge in [0.2, 0.25) is 0 Å². The summed E-state index contributed by atoms with van der Waals surface area (Å²) in [5.74, 6) is 0. The van der Waals surface area contributed by atoms with Gasteiger partial charge in [-0.15, -0.1) is 22.7 Å². The number of hydrogen-bond acceptors (Lipinski definition) is 2. The van der Waals surface area contributed by atoms with Gasteiger partial charge in [-0.3, -0.25) is 0 Å². The lowest BCUT2D eigenvalue weighted by molar-refractivity contribution is 1.51. The molecule has 45 heavy (non-hydrogen) atoms. The molecule has 0 atom stereocenters. The summed E-state index contributed by atoms with van der Waals surface area (Å²) >= 11 is 3.90. The van der Waals surface area contributed by atoms with Crippen LogP contribution in [0.3, 0.4) is 0 Å². The minimum absolute atomic E-state index is 1.29. The summed E-state index contributed by atoms with van der Waals surface area (Å²) in [5.41, 5.74) is 2.62. The highest BCUT2D eigenvalue weighted by Gasteiger charge is 2.23. The highest BCUT2D eigenvalue weighted by Crippen LogP contribution is 2.48. The van der Waals surface area contributed by atoms with Crippen molar-refractivity contribution in [2.24, 2.45) is 0 Å². The topological polar surface area (TPSA) is 0 Å². The van der Waals surface area contributed by atoms with Gasteiger partial charge in [0.25, 0.3) is 0 Å². The minimum atomic E-state index is 1.29. The number of aryl methyl sites for hydroxylation is 1. The summed E-state index contributed by atoms with van der Waals surface area (Å²) in [4.78, 5) is 1.34. The second-order valence-corrected chi connectivity index (χ2v) is 14.9. The van der Waals surface area contributed by atoms with Crippen LogP contribution < -0.4 is 0 Å². The molecular weight excluding hydrogens is 581 g/mol. The fourth-order valence-electron chi connectivity index (χ4n) is 8.79. The molecule has 2 aromatic heterocycles. The van der Waals surface area contributed by atoms with Crippen LogP contribution in [-0.4, -0.2) is 0 Å². The van der Waals surface area contributed by atoms with Crippen molar-refractivity contribution in [2.75, 3.05) is 0 Å². The highest BCUT2D eigenvalue weighted by atomic mass is 32.1. The number of rotatable bonds is 1. The maximum absolute atomic E-state index is 2.45. The Kier molecular flexibility index (Phi) is 4.04. The molecule has 2 aliphatic carbocycles. The van der Waals surface area contributed by atoms with E-state index >= 15 is 0 Å². The van der Waals surface area contributed by atoms with E-state index in [1.54, 1.807) is 0 Å². The van der Waals surface area contributed by atoms with Crippen molar-refractivity contribution in [1.29, 1.82) is 0 Å². The molecule has 2 heterocycles. The maximum atomic E-state index is 2.45. The molecule has 0 spiro atoms. The summed E-state index contributed by atoms with van der Waals surface area (Å²) in [7, 11) is 0. The maximum Gasteiger partial charge on any atom is 0.0440 e. The lowest BCUT2D eigenvalue weighted by Crippen LogP contribution is -1.91. The summed E-state index contributed by atoms with van der Waals surface area (Å²) in [6.07, 6.45) is 0. The molecule has 10 aromatic rings. The van der Waals surface area contributed by atoms with Crippen LogP contribution in [0.2, 0.25) is 0 Å². The molecule has 0 N–H and O–H groups in total. The standard InChI is InChI=1S/C43H22S2/c1-21-11-12-27-34(19-21)45-43-30-17-13-25-26-14-18-31-41-37(32-20-33(44-42(31)32)22-7-3-2-4-8-22)24-10-6-5-9-23(24)36(40(26)41)28-15-16-29(39(27)43)38(30)35(25)28/h2-20H,1H3. The lowest BCUT2D eigenvalue weighted by atomic mass is 9.85. The van der Waals surface area contributed by atoms with Gasteiger partial charge in [-0.05, 0) is 89.1 Å². The Morgan fingerprint density at radius 3 is 1.93 bits per heavy atom. The molecule has 0 nitrogen and oxygen atoms in total. The normalized spacial score (nSPS) is 13.0. The summed E-state index contributed by atoms with van der Waals surface area (Å²) < 4.78 is 4.22. The average molecular weight is 603 g/mol. The highest BCUT2D eigenvalue weighted by molar-refractivity contribution is 7.17. The molecule has 0 fully saturated rings. The van der Waals surface area contributed by atoms with Crippen molar-refractivity contribution < 1.29 is 0 Å². The van der Waals surface area contributed by atoms with Gasteiger partial charge in [0, 0.05) is 50.3 Å². The van der Waals surface area contributed by atoms with Crippen LogP contribution >= 0.6 is 22.7 Å². The van der Waals surface area contributed by atoms with Crippen LogP contribution in [-0.2, 0) is 0 Å². The molecular formula is C43H22S2. The van der Waals surface area contributed by atoms with Crippen molar-refractivity contribution in [1.82, 2.24) is 0 Å². The van der Waals surface area contributed by atoms with Gasteiger partial charge in [-0.25, -0.2) is 0 Å². The summed E-state index contributed by atoms with van der Waals surface area (Å²) in [6, 6.07) is 43.9. The molecule has 0 unspecified atom stereocenters. The van der Waals surface area contributed by atoms with Crippen molar-refractivity contribution in [3.8, 4) is 10.4 Å². The Balaban J connectivity index is 1.35. The second-order valence-electron chi connectivity index (χ2n) is 12.8. The molecule has 0 bridgehead atoms. The van der Waals surface area contributed by atoms with Crippen LogP contribution in [0.1, 0.15) is 5.56 Å². The van der Waals surface area contributed by atoms with Crippen LogP contribution in [0, 0.1) is 47.3 Å². The molecule has 0 saturated carbocycles. The zero-order valence-corrected chi connectivity index (χ0v) is 25.9. The predicted molar refractivity (Wildman–Crippen MR) is 192 cm³/mol.